The molecule has 18 heavy (non-hydrogen) atoms. The number of carbonyl (C=O) groups is 2. The highest BCUT2D eigenvalue weighted by molar-refractivity contribution is 5.89. The smallest absolute Gasteiger partial charge is 0.329 e. The second-order valence-electron chi connectivity index (χ2n) is 5.66. The molecule has 1 aliphatic carbocycles. The maximum atomic E-state index is 12.5. The summed E-state index contributed by atoms with van der Waals surface area (Å²) in [6.45, 7) is 2.61. The van der Waals surface area contributed by atoms with E-state index in [2.05, 4.69) is 0 Å². The highest BCUT2D eigenvalue weighted by atomic mass is 16.4. The van der Waals surface area contributed by atoms with Gasteiger partial charge in [-0.15, -0.1) is 0 Å². The minimum atomic E-state index is -0.908. The molecule has 1 unspecified atom stereocenters. The predicted molar refractivity (Wildman–Crippen MR) is 68.2 cm³/mol. The second kappa shape index (κ2) is 5.29. The standard InChI is InChI=1S/C14H23NO3/c1-2-8-14(13(17)18)9-5-10-15(14)12(16)11-6-3-4-7-11/h11H,2-10H2,1H3,(H,17,18). The van der Waals surface area contributed by atoms with Gasteiger partial charge in [-0.2, -0.15) is 0 Å². The summed E-state index contributed by atoms with van der Waals surface area (Å²) >= 11 is 0. The van der Waals surface area contributed by atoms with Gasteiger partial charge < -0.3 is 10.0 Å². The molecule has 1 saturated heterocycles. The van der Waals surface area contributed by atoms with Gasteiger partial charge in [-0.05, 0) is 32.1 Å². The summed E-state index contributed by atoms with van der Waals surface area (Å²) in [5.74, 6) is -0.632. The van der Waals surface area contributed by atoms with Crippen molar-refractivity contribution in [1.82, 2.24) is 4.90 Å². The van der Waals surface area contributed by atoms with Crippen LogP contribution in [-0.2, 0) is 9.59 Å². The van der Waals surface area contributed by atoms with Gasteiger partial charge in [0.2, 0.25) is 5.91 Å². The van der Waals surface area contributed by atoms with Crippen molar-refractivity contribution in [3.63, 3.8) is 0 Å². The van der Waals surface area contributed by atoms with Crippen molar-refractivity contribution in [2.24, 2.45) is 5.92 Å². The summed E-state index contributed by atoms with van der Waals surface area (Å²) in [5.41, 5.74) is -0.908. The average Bonchev–Trinajstić information content (AvgIpc) is 2.98. The molecule has 0 radical (unpaired) electrons. The number of aliphatic carboxylic acids is 1. The first-order valence-corrected chi connectivity index (χ1v) is 7.16. The Bertz CT molecular complexity index is 336. The van der Waals surface area contributed by atoms with E-state index in [4.69, 9.17) is 0 Å². The van der Waals surface area contributed by atoms with Crippen LogP contribution in [0.5, 0.6) is 0 Å². The molecule has 1 N–H and O–H groups in total. The lowest BCUT2D eigenvalue weighted by Crippen LogP contribution is -2.54. The molecule has 0 spiro atoms. The van der Waals surface area contributed by atoms with Gasteiger partial charge in [-0.3, -0.25) is 4.79 Å². The van der Waals surface area contributed by atoms with Crippen LogP contribution in [0.3, 0.4) is 0 Å². The molecule has 1 heterocycles. The molecule has 2 aliphatic rings. The van der Waals surface area contributed by atoms with Gasteiger partial charge in [0.25, 0.3) is 0 Å². The Balaban J connectivity index is 2.18. The first-order chi connectivity index (χ1) is 8.62. The normalized spacial score (nSPS) is 28.8. The zero-order valence-electron chi connectivity index (χ0n) is 11.2. The van der Waals surface area contributed by atoms with Crippen molar-refractivity contribution in [3.05, 3.63) is 0 Å². The maximum absolute atomic E-state index is 12.5. The topological polar surface area (TPSA) is 57.6 Å². The fraction of sp³-hybridized carbons (Fsp3) is 0.857. The van der Waals surface area contributed by atoms with Crippen LogP contribution in [0.25, 0.3) is 0 Å². The summed E-state index contributed by atoms with van der Waals surface area (Å²) in [7, 11) is 0. The van der Waals surface area contributed by atoms with Crippen molar-refractivity contribution in [2.75, 3.05) is 6.54 Å². The maximum Gasteiger partial charge on any atom is 0.329 e. The Kier molecular flexibility index (Phi) is 3.93. The third kappa shape index (κ3) is 2.13. The van der Waals surface area contributed by atoms with E-state index >= 15 is 0 Å². The minimum absolute atomic E-state index is 0.0821. The van der Waals surface area contributed by atoms with Crippen molar-refractivity contribution >= 4 is 11.9 Å². The number of hydrogen-bond donors (Lipinski definition) is 1. The molecule has 1 amide bonds. The fourth-order valence-corrected chi connectivity index (χ4v) is 3.60. The molecular formula is C14H23NO3. The monoisotopic (exact) mass is 253 g/mol. The Morgan fingerprint density at radius 2 is 1.94 bits per heavy atom. The number of carbonyl (C=O) groups excluding carboxylic acids is 1. The molecule has 1 saturated carbocycles. The van der Waals surface area contributed by atoms with Crippen molar-refractivity contribution in [2.45, 2.75) is 63.8 Å². The Morgan fingerprint density at radius 1 is 1.28 bits per heavy atom. The molecule has 102 valence electrons. The number of amides is 1. The van der Waals surface area contributed by atoms with Crippen LogP contribution in [-0.4, -0.2) is 34.0 Å². The van der Waals surface area contributed by atoms with Gasteiger partial charge in [0.1, 0.15) is 5.54 Å². The van der Waals surface area contributed by atoms with Crippen LogP contribution >= 0.6 is 0 Å². The third-order valence-corrected chi connectivity index (χ3v) is 4.52. The molecular weight excluding hydrogens is 230 g/mol. The minimum Gasteiger partial charge on any atom is -0.479 e. The van der Waals surface area contributed by atoms with Crippen molar-refractivity contribution in [3.8, 4) is 0 Å². The van der Waals surface area contributed by atoms with E-state index in [0.29, 0.717) is 19.4 Å². The number of hydrogen-bond acceptors (Lipinski definition) is 2. The predicted octanol–water partition coefficient (Wildman–Crippen LogP) is 2.42. The molecule has 2 rings (SSSR count). The SMILES string of the molecule is CCCC1(C(=O)O)CCCN1C(=O)C1CCCC1. The molecule has 0 bridgehead atoms. The summed E-state index contributed by atoms with van der Waals surface area (Å²) in [5, 5.41) is 9.56. The van der Waals surface area contributed by atoms with E-state index < -0.39 is 11.5 Å². The number of rotatable bonds is 4. The van der Waals surface area contributed by atoms with Crippen LogP contribution in [0, 0.1) is 5.92 Å². The van der Waals surface area contributed by atoms with E-state index in [1.165, 1.54) is 0 Å². The van der Waals surface area contributed by atoms with Gasteiger partial charge in [-0.1, -0.05) is 26.2 Å². The highest BCUT2D eigenvalue weighted by Crippen LogP contribution is 2.37. The van der Waals surface area contributed by atoms with E-state index in [9.17, 15) is 14.7 Å². The third-order valence-electron chi connectivity index (χ3n) is 4.52. The highest BCUT2D eigenvalue weighted by Gasteiger charge is 2.50. The summed E-state index contributed by atoms with van der Waals surface area (Å²) in [6.07, 6.45) is 6.94. The molecule has 1 aliphatic heterocycles. The number of likely N-dealkylation sites (tertiary alicyclic amines) is 1. The van der Waals surface area contributed by atoms with Gasteiger partial charge in [0.05, 0.1) is 0 Å². The Hall–Kier alpha value is -1.06. The molecule has 0 aromatic carbocycles. The molecule has 1 atom stereocenters. The first-order valence-electron chi connectivity index (χ1n) is 7.16. The van der Waals surface area contributed by atoms with E-state index in [1.807, 2.05) is 6.92 Å². The largest absolute Gasteiger partial charge is 0.479 e. The summed E-state index contributed by atoms with van der Waals surface area (Å²) in [6, 6.07) is 0. The molecule has 2 fully saturated rings. The van der Waals surface area contributed by atoms with Crippen LogP contribution in [0.1, 0.15) is 58.3 Å². The summed E-state index contributed by atoms with van der Waals surface area (Å²) in [4.78, 5) is 25.8. The summed E-state index contributed by atoms with van der Waals surface area (Å²) < 4.78 is 0. The van der Waals surface area contributed by atoms with E-state index in [1.54, 1.807) is 4.90 Å². The van der Waals surface area contributed by atoms with Crippen LogP contribution in [0.2, 0.25) is 0 Å². The Morgan fingerprint density at radius 3 is 2.50 bits per heavy atom. The van der Waals surface area contributed by atoms with Gasteiger partial charge >= 0.3 is 5.97 Å². The Labute approximate surface area is 108 Å². The van der Waals surface area contributed by atoms with Crippen LogP contribution < -0.4 is 0 Å². The van der Waals surface area contributed by atoms with Gasteiger partial charge in [0, 0.05) is 12.5 Å². The average molecular weight is 253 g/mol. The number of nitrogens with zero attached hydrogens (tertiary/aromatic N) is 1. The lowest BCUT2D eigenvalue weighted by atomic mass is 9.89. The zero-order valence-corrected chi connectivity index (χ0v) is 11.2. The van der Waals surface area contributed by atoms with Gasteiger partial charge in [0.15, 0.2) is 0 Å². The van der Waals surface area contributed by atoms with E-state index in [0.717, 1.165) is 38.5 Å². The van der Waals surface area contributed by atoms with Crippen LogP contribution in [0.15, 0.2) is 0 Å². The van der Waals surface area contributed by atoms with Crippen molar-refractivity contribution in [1.29, 1.82) is 0 Å². The molecule has 4 nitrogen and oxygen atoms in total. The molecule has 0 aromatic rings. The van der Waals surface area contributed by atoms with Crippen LogP contribution in [0.4, 0.5) is 0 Å². The van der Waals surface area contributed by atoms with Gasteiger partial charge in [-0.25, -0.2) is 4.79 Å². The van der Waals surface area contributed by atoms with Crippen molar-refractivity contribution < 1.29 is 14.7 Å². The first kappa shape index (κ1) is 13.4. The second-order valence-corrected chi connectivity index (χ2v) is 5.66. The quantitative estimate of drug-likeness (QED) is 0.837. The van der Waals surface area contributed by atoms with E-state index in [-0.39, 0.29) is 11.8 Å². The zero-order chi connectivity index (χ0) is 13.2. The molecule has 4 heteroatoms. The number of carboxylic acid groups (broad SMARTS) is 1. The lowest BCUT2D eigenvalue weighted by Gasteiger charge is -2.36. The fourth-order valence-electron chi connectivity index (χ4n) is 3.60. The number of carboxylic acids is 1. The molecule has 0 aromatic heterocycles. The lowest BCUT2D eigenvalue weighted by molar-refractivity contribution is -0.158.